The van der Waals surface area contributed by atoms with E-state index in [9.17, 15) is 50.4 Å². The number of fused-ring (bicyclic) bond motifs is 3. The van der Waals surface area contributed by atoms with Gasteiger partial charge in [-0.05, 0) is 46.5 Å². The molecule has 65 heavy (non-hydrogen) atoms. The van der Waals surface area contributed by atoms with Crippen molar-refractivity contribution in [3.8, 4) is 0 Å². The van der Waals surface area contributed by atoms with Gasteiger partial charge in [-0.1, -0.05) is 78.6 Å². The van der Waals surface area contributed by atoms with Crippen LogP contribution < -0.4 is 0 Å². The molecule has 0 aromatic rings. The summed E-state index contributed by atoms with van der Waals surface area (Å²) < 4.78 is 61.7. The summed E-state index contributed by atoms with van der Waals surface area (Å²) in [6.45, 7) is 9.20. The first-order valence-corrected chi connectivity index (χ1v) is 24.0. The number of hydrogen-bond donors (Lipinski definition) is 8. The molecule has 0 aromatic heterocycles. The minimum absolute atomic E-state index is 0.0238. The maximum Gasteiger partial charge on any atom is 0.309 e. The SMILES string of the molecule is CCCCC[C@H]1CCCCCCCCCC(=O)O[C@H]2[C@H](O)[C@@H](CO)O[C@@H](O[C@H]3[C@H](O1)O[C@H](C)[C@@H](O)[C@@H]3O)[C@@H]2O[C@@H]1O[C@@H](C)[C@H](O[C@@H]2O[C@H](C)[C@H](O)[C@H](O)[C@H]2O)[C@@H](O)[C@H]1OC(=O)[C@@H](C)CC. The molecule has 0 radical (unpaired) electrons. The van der Waals surface area contributed by atoms with E-state index >= 15 is 0 Å². The molecular weight excluding hydrogens is 860 g/mol. The molecule has 5 aliphatic heterocycles. The molecule has 0 saturated carbocycles. The van der Waals surface area contributed by atoms with Gasteiger partial charge in [-0.25, -0.2) is 0 Å². The average Bonchev–Trinajstić information content (AvgIpc) is 3.28. The van der Waals surface area contributed by atoms with Crippen LogP contribution in [0.5, 0.6) is 0 Å². The van der Waals surface area contributed by atoms with E-state index in [-0.39, 0.29) is 12.5 Å². The molecule has 0 aromatic carbocycles. The first-order valence-electron chi connectivity index (χ1n) is 24.0. The molecular formula is C45H78O20. The second kappa shape index (κ2) is 25.8. The number of esters is 2. The number of unbranched alkanes of at least 4 members (excludes halogenated alkanes) is 2. The largest absolute Gasteiger partial charge is 0.456 e. The molecule has 378 valence electrons. The van der Waals surface area contributed by atoms with Gasteiger partial charge in [0.2, 0.25) is 0 Å². The molecule has 0 unspecified atom stereocenters. The molecule has 5 saturated heterocycles. The summed E-state index contributed by atoms with van der Waals surface area (Å²) >= 11 is 0. The molecule has 0 aliphatic carbocycles. The van der Waals surface area contributed by atoms with Gasteiger partial charge in [0.05, 0.1) is 36.9 Å². The Kier molecular flexibility index (Phi) is 21.5. The quantitative estimate of drug-likeness (QED) is 0.1000. The highest BCUT2D eigenvalue weighted by Gasteiger charge is 2.57. The zero-order valence-electron chi connectivity index (χ0n) is 38.8. The second-order valence-corrected chi connectivity index (χ2v) is 18.5. The van der Waals surface area contributed by atoms with Gasteiger partial charge in [-0.3, -0.25) is 9.59 Å². The Morgan fingerprint density at radius 3 is 1.94 bits per heavy atom. The van der Waals surface area contributed by atoms with Gasteiger partial charge in [-0.15, -0.1) is 0 Å². The standard InChI is InChI=1S/C45H78O20/c1-7-9-15-18-26-19-16-13-11-10-12-14-17-20-28(47)61-37-31(50)27(21-46)60-45(64-38-33(52)30(49)24(5)57-43(38)59-26)40(37)65-44-39(62-41(55)22(3)8-2)35(54)36(25(6)58-44)63-42-34(53)32(51)29(48)23(4)56-42/h22-27,29-40,42-46,48-54H,7-21H2,1-6H3/t22-,23+,24+,25-,26-,27+,29-,30+,31+,32-,33-,34+,35+,36-,37-,38+,39+,40+,42-,43-,44-,45-/m0/s1. The van der Waals surface area contributed by atoms with E-state index < -0.39 is 147 Å². The van der Waals surface area contributed by atoms with E-state index in [0.29, 0.717) is 25.7 Å². The molecule has 22 atom stereocenters. The minimum Gasteiger partial charge on any atom is -0.456 e. The van der Waals surface area contributed by atoms with E-state index in [1.807, 2.05) is 0 Å². The lowest BCUT2D eigenvalue weighted by Gasteiger charge is -2.50. The predicted molar refractivity (Wildman–Crippen MR) is 225 cm³/mol. The lowest BCUT2D eigenvalue weighted by molar-refractivity contribution is -0.399. The third kappa shape index (κ3) is 14.0. The van der Waals surface area contributed by atoms with E-state index in [1.54, 1.807) is 20.8 Å². The summed E-state index contributed by atoms with van der Waals surface area (Å²) in [6, 6.07) is 0. The Morgan fingerprint density at radius 1 is 0.631 bits per heavy atom. The summed E-state index contributed by atoms with van der Waals surface area (Å²) in [4.78, 5) is 27.1. The van der Waals surface area contributed by atoms with Crippen LogP contribution in [0.25, 0.3) is 0 Å². The van der Waals surface area contributed by atoms with Crippen LogP contribution in [-0.2, 0) is 57.0 Å². The fraction of sp³-hybridized carbons (Fsp3) is 0.956. The van der Waals surface area contributed by atoms with Crippen molar-refractivity contribution >= 4 is 11.9 Å². The van der Waals surface area contributed by atoms with Crippen LogP contribution in [0.2, 0.25) is 0 Å². The second-order valence-electron chi connectivity index (χ2n) is 18.5. The fourth-order valence-electron chi connectivity index (χ4n) is 8.94. The van der Waals surface area contributed by atoms with Gasteiger partial charge in [0.1, 0.15) is 61.0 Å². The van der Waals surface area contributed by atoms with Gasteiger partial charge in [0, 0.05) is 6.42 Å². The predicted octanol–water partition coefficient (Wildman–Crippen LogP) is 0.980. The molecule has 5 rings (SSSR count). The highest BCUT2D eigenvalue weighted by Crippen LogP contribution is 2.37. The van der Waals surface area contributed by atoms with E-state index in [0.717, 1.165) is 57.8 Å². The van der Waals surface area contributed by atoms with Gasteiger partial charge >= 0.3 is 11.9 Å². The molecule has 0 spiro atoms. The third-order valence-corrected chi connectivity index (χ3v) is 13.4. The van der Waals surface area contributed by atoms with Gasteiger partial charge in [-0.2, -0.15) is 0 Å². The number of ether oxygens (including phenoxy) is 10. The number of carbonyl (C=O) groups excluding carboxylic acids is 2. The zero-order chi connectivity index (χ0) is 47.5. The highest BCUT2D eigenvalue weighted by atomic mass is 16.8. The maximum absolute atomic E-state index is 13.6. The number of aliphatic hydroxyl groups excluding tert-OH is 8. The summed E-state index contributed by atoms with van der Waals surface area (Å²) in [5, 5.41) is 88.5. The van der Waals surface area contributed by atoms with Crippen LogP contribution in [0.15, 0.2) is 0 Å². The molecule has 8 N–H and O–H groups in total. The van der Waals surface area contributed by atoms with Crippen molar-refractivity contribution in [2.45, 2.75) is 260 Å². The van der Waals surface area contributed by atoms with Gasteiger partial charge in [0.25, 0.3) is 0 Å². The normalized spacial score (nSPS) is 44.6. The van der Waals surface area contributed by atoms with Crippen LogP contribution in [0.4, 0.5) is 0 Å². The zero-order valence-corrected chi connectivity index (χ0v) is 38.8. The van der Waals surface area contributed by atoms with Crippen molar-refractivity contribution in [3.05, 3.63) is 0 Å². The first kappa shape index (κ1) is 54.2. The monoisotopic (exact) mass is 939 g/mol. The number of hydrogen-bond acceptors (Lipinski definition) is 20. The lowest BCUT2D eigenvalue weighted by atomic mass is 9.95. The Hall–Kier alpha value is -1.70. The van der Waals surface area contributed by atoms with E-state index in [1.165, 1.54) is 13.8 Å². The van der Waals surface area contributed by atoms with Crippen LogP contribution >= 0.6 is 0 Å². The fourth-order valence-corrected chi connectivity index (χ4v) is 8.94. The van der Waals surface area contributed by atoms with Crippen molar-refractivity contribution in [2.24, 2.45) is 5.92 Å². The van der Waals surface area contributed by atoms with Crippen LogP contribution in [0.3, 0.4) is 0 Å². The number of carbonyl (C=O) groups is 2. The summed E-state index contributed by atoms with van der Waals surface area (Å²) in [5.74, 6) is -2.15. The van der Waals surface area contributed by atoms with Crippen molar-refractivity contribution in [2.75, 3.05) is 6.61 Å². The molecule has 20 nitrogen and oxygen atoms in total. The van der Waals surface area contributed by atoms with Crippen LogP contribution in [0, 0.1) is 5.92 Å². The average molecular weight is 939 g/mol. The van der Waals surface area contributed by atoms with Crippen molar-refractivity contribution in [1.29, 1.82) is 0 Å². The molecule has 5 aliphatic rings. The summed E-state index contributed by atoms with van der Waals surface area (Å²) in [5.41, 5.74) is 0. The Balaban J connectivity index is 1.53. The molecule has 20 heteroatoms. The molecule has 0 amide bonds. The topological polar surface area (TPSA) is 288 Å². The third-order valence-electron chi connectivity index (χ3n) is 13.4. The molecule has 5 heterocycles. The van der Waals surface area contributed by atoms with Gasteiger partial charge < -0.3 is 88.2 Å². The lowest BCUT2D eigenvalue weighted by Crippen LogP contribution is -2.68. The smallest absolute Gasteiger partial charge is 0.309 e. The Morgan fingerprint density at radius 2 is 1.26 bits per heavy atom. The Labute approximate surface area is 382 Å². The van der Waals surface area contributed by atoms with Gasteiger partial charge in [0.15, 0.2) is 43.5 Å². The van der Waals surface area contributed by atoms with E-state index in [4.69, 9.17) is 47.4 Å². The first-order chi connectivity index (χ1) is 31.0. The van der Waals surface area contributed by atoms with Crippen LogP contribution in [-0.4, -0.2) is 188 Å². The van der Waals surface area contributed by atoms with Crippen molar-refractivity contribution in [3.63, 3.8) is 0 Å². The summed E-state index contributed by atoms with van der Waals surface area (Å²) in [7, 11) is 0. The number of rotatable bonds is 12. The molecule has 2 bridgehead atoms. The molecule has 5 fully saturated rings. The van der Waals surface area contributed by atoms with Crippen molar-refractivity contribution < 1.29 is 97.8 Å². The number of aliphatic hydroxyl groups is 8. The Bertz CT molecular complexity index is 1430. The maximum atomic E-state index is 13.6. The highest BCUT2D eigenvalue weighted by molar-refractivity contribution is 5.72. The van der Waals surface area contributed by atoms with E-state index in [2.05, 4.69) is 6.92 Å². The van der Waals surface area contributed by atoms with Crippen LogP contribution in [0.1, 0.15) is 131 Å². The summed E-state index contributed by atoms with van der Waals surface area (Å²) in [6.07, 6.45) is -20.1. The minimum atomic E-state index is -1.79. The van der Waals surface area contributed by atoms with Crippen molar-refractivity contribution in [1.82, 2.24) is 0 Å².